The summed E-state index contributed by atoms with van der Waals surface area (Å²) in [5.74, 6) is -4.68. The van der Waals surface area contributed by atoms with Crippen molar-refractivity contribution in [1.82, 2.24) is 4.98 Å². The van der Waals surface area contributed by atoms with E-state index in [9.17, 15) is 37.1 Å². The monoisotopic (exact) mass is 683 g/mol. The topological polar surface area (TPSA) is 135 Å². The van der Waals surface area contributed by atoms with Gasteiger partial charge in [0.25, 0.3) is 5.91 Å². The highest BCUT2D eigenvalue weighted by atomic mass is 32.2. The summed E-state index contributed by atoms with van der Waals surface area (Å²) in [4.78, 5) is 68.1. The number of hydrogen-bond acceptors (Lipinski definition) is 9. The quantitative estimate of drug-likeness (QED) is 0.185. The number of fused-ring (bicyclic) bond motifs is 2. The third-order valence-corrected chi connectivity index (χ3v) is 9.97. The molecule has 1 fully saturated rings. The van der Waals surface area contributed by atoms with Crippen LogP contribution in [-0.4, -0.2) is 47.1 Å². The maximum atomic E-state index is 14.0. The first-order valence-corrected chi connectivity index (χ1v) is 15.9. The van der Waals surface area contributed by atoms with E-state index in [1.807, 2.05) is 0 Å². The number of esters is 1. The molecule has 3 heterocycles. The molecule has 0 radical (unpaired) electrons. The van der Waals surface area contributed by atoms with Gasteiger partial charge in [-0.25, -0.2) is 9.69 Å². The van der Waals surface area contributed by atoms with Gasteiger partial charge in [0.15, 0.2) is 6.61 Å². The number of aromatic nitrogens is 1. The number of imide groups is 1. The summed E-state index contributed by atoms with van der Waals surface area (Å²) < 4.78 is 52.7. The standard InChI is InChI=1S/C32H24F3N3O7S2/c1-2-44-30(42)16-11-13-17(14-12-16)36-22(39)15-45-21-10-6-3-7-18(21)23-24-26(46-27-25(23)47-31(43)37-27)29(41)38(28(24)40)20-9-5-4-8-19(20)32(33,34)35/h3-14,23-24,26H,2,15H2,1H3,(H,36,39)(H,37,43). The number of anilines is 2. The molecule has 242 valence electrons. The number of rotatable bonds is 8. The molecule has 10 nitrogen and oxygen atoms in total. The number of para-hydroxylation sites is 2. The van der Waals surface area contributed by atoms with Crippen LogP contribution in [0.1, 0.15) is 39.2 Å². The number of thiazole rings is 1. The molecule has 0 spiro atoms. The van der Waals surface area contributed by atoms with Crippen LogP contribution in [0.3, 0.4) is 0 Å². The van der Waals surface area contributed by atoms with Crippen LogP contribution >= 0.6 is 23.1 Å². The Bertz CT molecular complexity index is 1940. The summed E-state index contributed by atoms with van der Waals surface area (Å²) in [6.07, 6.45) is -4.83. The van der Waals surface area contributed by atoms with Gasteiger partial charge in [0.1, 0.15) is 11.0 Å². The molecule has 3 atom stereocenters. The van der Waals surface area contributed by atoms with Crippen molar-refractivity contribution in [3.8, 4) is 5.75 Å². The number of alkyl halides is 3. The summed E-state index contributed by atoms with van der Waals surface area (Å²) in [7, 11) is 0. The van der Waals surface area contributed by atoms with E-state index in [1.54, 1.807) is 31.2 Å². The highest BCUT2D eigenvalue weighted by Gasteiger charge is 2.57. The lowest BCUT2D eigenvalue weighted by molar-refractivity contribution is -0.137. The van der Waals surface area contributed by atoms with Gasteiger partial charge in [-0.15, -0.1) is 0 Å². The largest absolute Gasteiger partial charge is 0.483 e. The van der Waals surface area contributed by atoms with Crippen LogP contribution in [0.25, 0.3) is 0 Å². The predicted molar refractivity (Wildman–Crippen MR) is 167 cm³/mol. The third-order valence-electron chi connectivity index (χ3n) is 7.57. The Morgan fingerprint density at radius 1 is 0.957 bits per heavy atom. The zero-order valence-electron chi connectivity index (χ0n) is 24.3. The summed E-state index contributed by atoms with van der Waals surface area (Å²) in [6, 6.07) is 16.9. The number of carbonyl (C=O) groups excluding carboxylic acids is 4. The number of benzene rings is 3. The molecule has 4 aromatic rings. The van der Waals surface area contributed by atoms with Gasteiger partial charge in [-0.1, -0.05) is 53.4 Å². The summed E-state index contributed by atoms with van der Waals surface area (Å²) in [5.41, 5.74) is -0.626. The van der Waals surface area contributed by atoms with Crippen LogP contribution in [-0.2, 0) is 25.3 Å². The Hall–Kier alpha value is -4.89. The number of thioether (sulfide) groups is 1. The zero-order valence-corrected chi connectivity index (χ0v) is 26.0. The second-order valence-corrected chi connectivity index (χ2v) is 12.6. The highest BCUT2D eigenvalue weighted by molar-refractivity contribution is 8.00. The maximum Gasteiger partial charge on any atom is 0.418 e. The molecule has 0 saturated carbocycles. The molecule has 0 bridgehead atoms. The fourth-order valence-corrected chi connectivity index (χ4v) is 8.12. The first-order chi connectivity index (χ1) is 22.5. The zero-order chi connectivity index (χ0) is 33.5. The third kappa shape index (κ3) is 6.15. The van der Waals surface area contributed by atoms with E-state index in [0.29, 0.717) is 31.6 Å². The summed E-state index contributed by atoms with van der Waals surface area (Å²) in [6.45, 7) is 1.43. The van der Waals surface area contributed by atoms with Crippen molar-refractivity contribution in [3.05, 3.63) is 104 Å². The lowest BCUT2D eigenvalue weighted by Crippen LogP contribution is -2.33. The van der Waals surface area contributed by atoms with Crippen LogP contribution in [0.2, 0.25) is 0 Å². The molecule has 3 unspecified atom stereocenters. The number of nitrogens with zero attached hydrogens (tertiary/aromatic N) is 1. The number of ether oxygens (including phenoxy) is 2. The highest BCUT2D eigenvalue weighted by Crippen LogP contribution is 2.55. The molecule has 6 rings (SSSR count). The Balaban J connectivity index is 1.29. The summed E-state index contributed by atoms with van der Waals surface area (Å²) in [5, 5.41) is 1.85. The average molecular weight is 684 g/mol. The molecule has 3 amide bonds. The van der Waals surface area contributed by atoms with Crippen LogP contribution in [0.15, 0.2) is 82.6 Å². The van der Waals surface area contributed by atoms with Gasteiger partial charge in [0, 0.05) is 22.0 Å². The van der Waals surface area contributed by atoms with Crippen molar-refractivity contribution >= 4 is 58.2 Å². The predicted octanol–water partition coefficient (Wildman–Crippen LogP) is 5.45. The van der Waals surface area contributed by atoms with Gasteiger partial charge in [-0.2, -0.15) is 13.2 Å². The Morgan fingerprint density at radius 2 is 1.66 bits per heavy atom. The number of halogens is 3. The number of carbonyl (C=O) groups is 4. The van der Waals surface area contributed by atoms with Crippen molar-refractivity contribution in [2.24, 2.45) is 5.92 Å². The van der Waals surface area contributed by atoms with Gasteiger partial charge in [-0.05, 0) is 49.4 Å². The SMILES string of the molecule is CCOC(=O)c1ccc(NC(=O)COc2ccccc2C2c3sc(=O)[nH]c3SC3C(=O)N(c4ccccc4C(F)(F)F)C(=O)C32)cc1. The lowest BCUT2D eigenvalue weighted by atomic mass is 9.82. The van der Waals surface area contributed by atoms with Crippen molar-refractivity contribution < 1.29 is 41.8 Å². The molecule has 1 saturated heterocycles. The molecule has 47 heavy (non-hydrogen) atoms. The molecule has 0 aliphatic carbocycles. The summed E-state index contributed by atoms with van der Waals surface area (Å²) >= 11 is 1.76. The van der Waals surface area contributed by atoms with E-state index in [-0.39, 0.29) is 12.4 Å². The molecule has 2 aliphatic rings. The first-order valence-electron chi connectivity index (χ1n) is 14.2. The van der Waals surface area contributed by atoms with E-state index in [2.05, 4.69) is 10.3 Å². The average Bonchev–Trinajstić information content (AvgIpc) is 3.54. The van der Waals surface area contributed by atoms with E-state index in [4.69, 9.17) is 9.47 Å². The van der Waals surface area contributed by atoms with Crippen molar-refractivity contribution in [2.75, 3.05) is 23.4 Å². The molecule has 2 aliphatic heterocycles. The molecular formula is C32H24F3N3O7S2. The Labute approximate surface area is 272 Å². The molecular weight excluding hydrogens is 659 g/mol. The van der Waals surface area contributed by atoms with Gasteiger partial charge in [0.2, 0.25) is 11.8 Å². The van der Waals surface area contributed by atoms with Gasteiger partial charge < -0.3 is 19.8 Å². The van der Waals surface area contributed by atoms with E-state index in [0.717, 1.165) is 35.2 Å². The van der Waals surface area contributed by atoms with Gasteiger partial charge in [0.05, 0.1) is 34.4 Å². The van der Waals surface area contributed by atoms with Crippen molar-refractivity contribution in [2.45, 2.75) is 29.3 Å². The number of amides is 3. The fourth-order valence-electron chi connectivity index (χ4n) is 5.61. The first kappa shape index (κ1) is 32.1. The van der Waals surface area contributed by atoms with E-state index < -0.39 is 69.7 Å². The normalized spacial score (nSPS) is 18.8. The second kappa shape index (κ2) is 12.7. The Morgan fingerprint density at radius 3 is 2.38 bits per heavy atom. The number of hydrogen-bond donors (Lipinski definition) is 2. The minimum atomic E-state index is -4.83. The molecule has 2 N–H and O–H groups in total. The number of H-pyrrole nitrogens is 1. The fraction of sp³-hybridized carbons (Fsp3) is 0.219. The van der Waals surface area contributed by atoms with E-state index in [1.165, 1.54) is 36.4 Å². The van der Waals surface area contributed by atoms with Crippen LogP contribution in [0, 0.1) is 5.92 Å². The molecule has 1 aromatic heterocycles. The van der Waals surface area contributed by atoms with E-state index >= 15 is 0 Å². The second-order valence-electron chi connectivity index (χ2n) is 10.4. The van der Waals surface area contributed by atoms with Gasteiger partial charge >= 0.3 is 17.0 Å². The molecule has 3 aromatic carbocycles. The lowest BCUT2D eigenvalue weighted by Gasteiger charge is -2.30. The van der Waals surface area contributed by atoms with Crippen molar-refractivity contribution in [3.63, 3.8) is 0 Å². The number of aromatic amines is 1. The van der Waals surface area contributed by atoms with Crippen LogP contribution < -0.4 is 19.8 Å². The minimum absolute atomic E-state index is 0.178. The van der Waals surface area contributed by atoms with Crippen LogP contribution in [0.4, 0.5) is 24.5 Å². The van der Waals surface area contributed by atoms with Crippen LogP contribution in [0.5, 0.6) is 5.75 Å². The number of nitrogens with one attached hydrogen (secondary N) is 2. The Kier molecular flexibility index (Phi) is 8.68. The van der Waals surface area contributed by atoms with Gasteiger partial charge in [-0.3, -0.25) is 19.2 Å². The smallest absolute Gasteiger partial charge is 0.418 e. The van der Waals surface area contributed by atoms with Crippen molar-refractivity contribution in [1.29, 1.82) is 0 Å². The minimum Gasteiger partial charge on any atom is -0.483 e. The molecule has 15 heteroatoms. The maximum absolute atomic E-state index is 14.0.